The molecule has 0 aliphatic carbocycles. The lowest BCUT2D eigenvalue weighted by atomic mass is 10.2. The van der Waals surface area contributed by atoms with Gasteiger partial charge in [0.1, 0.15) is 0 Å². The van der Waals surface area contributed by atoms with Gasteiger partial charge in [-0.1, -0.05) is 23.7 Å². The van der Waals surface area contributed by atoms with E-state index in [1.807, 2.05) is 24.3 Å². The van der Waals surface area contributed by atoms with Gasteiger partial charge in [0.25, 0.3) is 0 Å². The molecule has 0 radical (unpaired) electrons. The highest BCUT2D eigenvalue weighted by molar-refractivity contribution is 7.09. The molecule has 0 aliphatic rings. The Morgan fingerprint density at radius 1 is 1.22 bits per heavy atom. The van der Waals surface area contributed by atoms with Crippen LogP contribution in [0.4, 0.5) is 0 Å². The molecule has 0 N–H and O–H groups in total. The van der Waals surface area contributed by atoms with Gasteiger partial charge in [0.05, 0.1) is 10.7 Å². The summed E-state index contributed by atoms with van der Waals surface area (Å²) in [6.45, 7) is 1.11. The van der Waals surface area contributed by atoms with Crippen LogP contribution >= 0.6 is 22.9 Å². The fourth-order valence-electron chi connectivity index (χ4n) is 1.73. The second-order valence-corrected chi connectivity index (χ2v) is 5.92. The lowest BCUT2D eigenvalue weighted by Crippen LogP contribution is -2.13. The van der Waals surface area contributed by atoms with Crippen LogP contribution in [0.15, 0.2) is 29.6 Å². The number of halogens is 1. The van der Waals surface area contributed by atoms with Crippen molar-refractivity contribution in [2.24, 2.45) is 0 Å². The highest BCUT2D eigenvalue weighted by Gasteiger charge is 2.04. The van der Waals surface area contributed by atoms with E-state index in [-0.39, 0.29) is 0 Å². The molecule has 2 rings (SSSR count). The molecule has 0 unspecified atom stereocenters. The van der Waals surface area contributed by atoms with Crippen LogP contribution < -0.4 is 0 Å². The fourth-order valence-corrected chi connectivity index (χ4v) is 2.70. The number of nitrogens with zero attached hydrogens (tertiary/aromatic N) is 2. The summed E-state index contributed by atoms with van der Waals surface area (Å²) in [5.41, 5.74) is 2.19. The molecular weight excluding hydrogens is 264 g/mol. The van der Waals surface area contributed by atoms with E-state index in [0.717, 1.165) is 35.7 Å². The van der Waals surface area contributed by atoms with Crippen LogP contribution in [0.3, 0.4) is 0 Å². The Hall–Kier alpha value is -0.900. The Kier molecular flexibility index (Phi) is 4.75. The number of hydrogen-bond donors (Lipinski definition) is 0. The Balaban J connectivity index is 1.99. The van der Waals surface area contributed by atoms with Crippen molar-refractivity contribution < 1.29 is 0 Å². The van der Waals surface area contributed by atoms with Crippen molar-refractivity contribution in [3.8, 4) is 11.3 Å². The quantitative estimate of drug-likeness (QED) is 0.824. The van der Waals surface area contributed by atoms with E-state index < -0.39 is 0 Å². The average molecular weight is 281 g/mol. The van der Waals surface area contributed by atoms with Crippen molar-refractivity contribution in [2.75, 3.05) is 20.6 Å². The van der Waals surface area contributed by atoms with Crippen molar-refractivity contribution >= 4 is 22.9 Å². The summed E-state index contributed by atoms with van der Waals surface area (Å²) in [6.07, 6.45) is 2.21. The summed E-state index contributed by atoms with van der Waals surface area (Å²) in [5.74, 6) is 0. The fraction of sp³-hybridized carbons (Fsp3) is 0.357. The van der Waals surface area contributed by atoms with E-state index >= 15 is 0 Å². The molecule has 0 saturated heterocycles. The molecule has 0 fully saturated rings. The predicted octanol–water partition coefficient (Wildman–Crippen LogP) is 3.96. The van der Waals surface area contributed by atoms with Gasteiger partial charge in [-0.2, -0.15) is 0 Å². The van der Waals surface area contributed by atoms with Crippen molar-refractivity contribution in [3.63, 3.8) is 0 Å². The van der Waals surface area contributed by atoms with Gasteiger partial charge in [-0.3, -0.25) is 0 Å². The van der Waals surface area contributed by atoms with Gasteiger partial charge in [0, 0.05) is 22.4 Å². The molecule has 1 heterocycles. The van der Waals surface area contributed by atoms with E-state index in [1.54, 1.807) is 11.3 Å². The first-order valence-corrected chi connectivity index (χ1v) is 7.26. The smallest absolute Gasteiger partial charge is 0.0933 e. The zero-order chi connectivity index (χ0) is 13.0. The molecule has 0 spiro atoms. The molecule has 96 valence electrons. The van der Waals surface area contributed by atoms with Crippen molar-refractivity contribution in [1.29, 1.82) is 0 Å². The third-order valence-corrected chi connectivity index (χ3v) is 3.85. The van der Waals surface area contributed by atoms with E-state index in [0.29, 0.717) is 0 Å². The first-order chi connectivity index (χ1) is 8.65. The highest BCUT2D eigenvalue weighted by Crippen LogP contribution is 2.24. The molecule has 18 heavy (non-hydrogen) atoms. The highest BCUT2D eigenvalue weighted by atomic mass is 35.5. The molecule has 2 nitrogen and oxygen atoms in total. The second-order valence-electron chi connectivity index (χ2n) is 4.54. The summed E-state index contributed by atoms with van der Waals surface area (Å²) in [5, 5.41) is 4.09. The molecule has 1 aromatic carbocycles. The van der Waals surface area contributed by atoms with E-state index in [4.69, 9.17) is 11.6 Å². The molecule has 1 aromatic heterocycles. The number of aryl methyl sites for hydroxylation is 1. The minimum atomic E-state index is 0.764. The Morgan fingerprint density at radius 2 is 1.94 bits per heavy atom. The average Bonchev–Trinajstić information content (AvgIpc) is 2.78. The van der Waals surface area contributed by atoms with Gasteiger partial charge < -0.3 is 4.90 Å². The third kappa shape index (κ3) is 3.80. The lowest BCUT2D eigenvalue weighted by molar-refractivity contribution is 0.400. The summed E-state index contributed by atoms with van der Waals surface area (Å²) in [4.78, 5) is 6.87. The van der Waals surface area contributed by atoms with Gasteiger partial charge in [0.15, 0.2) is 0 Å². The first kappa shape index (κ1) is 13.5. The number of benzene rings is 1. The van der Waals surface area contributed by atoms with Crippen LogP contribution in [0.1, 0.15) is 11.4 Å². The van der Waals surface area contributed by atoms with Gasteiger partial charge in [0.2, 0.25) is 0 Å². The topological polar surface area (TPSA) is 16.1 Å². The van der Waals surface area contributed by atoms with Crippen molar-refractivity contribution in [3.05, 3.63) is 39.7 Å². The summed E-state index contributed by atoms with van der Waals surface area (Å²) in [6, 6.07) is 7.84. The molecule has 0 bridgehead atoms. The molecule has 0 amide bonds. The molecule has 2 aromatic rings. The van der Waals surface area contributed by atoms with Crippen molar-refractivity contribution in [2.45, 2.75) is 12.8 Å². The summed E-state index contributed by atoms with van der Waals surface area (Å²) >= 11 is 7.62. The maximum Gasteiger partial charge on any atom is 0.0933 e. The molecule has 4 heteroatoms. The van der Waals surface area contributed by atoms with Crippen molar-refractivity contribution in [1.82, 2.24) is 9.88 Å². The maximum atomic E-state index is 5.88. The number of thiazole rings is 1. The Labute approximate surface area is 117 Å². The molecule has 0 atom stereocenters. The third-order valence-electron chi connectivity index (χ3n) is 2.69. The minimum absolute atomic E-state index is 0.764. The zero-order valence-corrected chi connectivity index (χ0v) is 12.3. The first-order valence-electron chi connectivity index (χ1n) is 6.00. The van der Waals surface area contributed by atoms with Gasteiger partial charge in [-0.25, -0.2) is 4.98 Å². The van der Waals surface area contributed by atoms with Gasteiger partial charge >= 0.3 is 0 Å². The normalized spacial score (nSPS) is 11.1. The largest absolute Gasteiger partial charge is 0.309 e. The van der Waals surface area contributed by atoms with Crippen LogP contribution in [-0.2, 0) is 6.42 Å². The summed E-state index contributed by atoms with van der Waals surface area (Å²) < 4.78 is 0. The van der Waals surface area contributed by atoms with Gasteiger partial charge in [-0.05, 0) is 39.2 Å². The predicted molar refractivity (Wildman–Crippen MR) is 79.4 cm³/mol. The molecule has 0 aliphatic heterocycles. The number of aromatic nitrogens is 1. The van der Waals surface area contributed by atoms with E-state index in [2.05, 4.69) is 29.4 Å². The maximum absolute atomic E-state index is 5.88. The molecular formula is C14H17ClN2S. The van der Waals surface area contributed by atoms with Crippen LogP contribution in [-0.4, -0.2) is 30.5 Å². The van der Waals surface area contributed by atoms with E-state index in [9.17, 15) is 0 Å². The minimum Gasteiger partial charge on any atom is -0.309 e. The lowest BCUT2D eigenvalue weighted by Gasteiger charge is -2.07. The standard InChI is InChI=1S/C14H17ClN2S/c1-17(2)9-3-4-14-16-13(10-18-14)11-5-7-12(15)8-6-11/h5-8,10H,3-4,9H2,1-2H3. The Bertz CT molecular complexity index is 491. The van der Waals surface area contributed by atoms with Crippen LogP contribution in [0.5, 0.6) is 0 Å². The SMILES string of the molecule is CN(C)CCCc1nc(-c2ccc(Cl)cc2)cs1. The monoisotopic (exact) mass is 280 g/mol. The second kappa shape index (κ2) is 6.32. The van der Waals surface area contributed by atoms with Crippen LogP contribution in [0.25, 0.3) is 11.3 Å². The van der Waals surface area contributed by atoms with Crippen LogP contribution in [0.2, 0.25) is 5.02 Å². The van der Waals surface area contributed by atoms with Gasteiger partial charge in [-0.15, -0.1) is 11.3 Å². The Morgan fingerprint density at radius 3 is 2.61 bits per heavy atom. The van der Waals surface area contributed by atoms with Crippen LogP contribution in [0, 0.1) is 0 Å². The summed E-state index contributed by atoms with van der Waals surface area (Å²) in [7, 11) is 4.20. The number of hydrogen-bond acceptors (Lipinski definition) is 3. The van der Waals surface area contributed by atoms with E-state index in [1.165, 1.54) is 5.01 Å². The molecule has 0 saturated carbocycles. The zero-order valence-electron chi connectivity index (χ0n) is 10.7. The number of rotatable bonds is 5.